The highest BCUT2D eigenvalue weighted by Crippen LogP contribution is 2.22. The number of thioether (sulfide) groups is 1. The first kappa shape index (κ1) is 14.1. The van der Waals surface area contributed by atoms with E-state index in [1.54, 1.807) is 48.5 Å². The van der Waals surface area contributed by atoms with E-state index >= 15 is 0 Å². The fourth-order valence-corrected chi connectivity index (χ4v) is 2.03. The summed E-state index contributed by atoms with van der Waals surface area (Å²) in [6.07, 6.45) is 6.88. The number of amidine groups is 1. The lowest BCUT2D eigenvalue weighted by atomic mass is 10.2. The second-order valence-electron chi connectivity index (χ2n) is 3.84. The van der Waals surface area contributed by atoms with Crippen molar-refractivity contribution in [3.8, 4) is 11.9 Å². The molecule has 7 heteroatoms. The molecule has 2 aromatic rings. The van der Waals surface area contributed by atoms with Crippen LogP contribution in [0.2, 0.25) is 0 Å². The maximum absolute atomic E-state index is 14.1. The normalized spacial score (nSPS) is 11.2. The lowest BCUT2D eigenvalue weighted by Gasteiger charge is -2.07. The third-order valence-corrected chi connectivity index (χ3v) is 3.18. The topological polar surface area (TPSA) is 66.0 Å². The van der Waals surface area contributed by atoms with E-state index in [0.29, 0.717) is 22.4 Å². The van der Waals surface area contributed by atoms with Gasteiger partial charge in [-0.15, -0.1) is 0 Å². The van der Waals surface area contributed by atoms with Gasteiger partial charge >= 0.3 is 0 Å². The van der Waals surface area contributed by atoms with Gasteiger partial charge in [0, 0.05) is 18.5 Å². The number of nitrogens with one attached hydrogen (secondary N) is 1. The minimum atomic E-state index is -0.398. The molecule has 5 nitrogen and oxygen atoms in total. The van der Waals surface area contributed by atoms with Crippen molar-refractivity contribution in [3.63, 3.8) is 0 Å². The van der Waals surface area contributed by atoms with Crippen molar-refractivity contribution in [1.29, 1.82) is 5.26 Å². The molecule has 0 unspecified atom stereocenters. The molecule has 0 amide bonds. The van der Waals surface area contributed by atoms with Crippen LogP contribution in [0.1, 0.15) is 5.82 Å². The summed E-state index contributed by atoms with van der Waals surface area (Å²) in [5, 5.41) is 11.4. The summed E-state index contributed by atoms with van der Waals surface area (Å²) in [4.78, 5) is 8.22. The molecular weight excluding hydrogens is 277 g/mol. The average Bonchev–Trinajstić information content (AvgIpc) is 2.84. The molecule has 0 atom stereocenters. The average molecular weight is 289 g/mol. The number of nitrogens with zero attached hydrogens (tertiary/aromatic N) is 4. The van der Waals surface area contributed by atoms with Crippen LogP contribution in [0.5, 0.6) is 0 Å². The van der Waals surface area contributed by atoms with Crippen LogP contribution < -0.4 is 5.32 Å². The SMILES string of the molecule is CSC(=Nc1ccc(-n2ccnc2C)c(F)c1)NC#N. The molecule has 0 spiro atoms. The van der Waals surface area contributed by atoms with Crippen LogP contribution in [-0.4, -0.2) is 21.0 Å². The molecule has 0 aliphatic rings. The predicted molar refractivity (Wildman–Crippen MR) is 77.6 cm³/mol. The van der Waals surface area contributed by atoms with Gasteiger partial charge in [-0.1, -0.05) is 11.8 Å². The minimum absolute atomic E-state index is 0.398. The molecule has 0 aliphatic heterocycles. The Labute approximate surface area is 120 Å². The Kier molecular flexibility index (Phi) is 4.38. The lowest BCUT2D eigenvalue weighted by Crippen LogP contribution is -2.12. The molecule has 0 fully saturated rings. The van der Waals surface area contributed by atoms with E-state index in [-0.39, 0.29) is 0 Å². The molecule has 0 saturated carbocycles. The van der Waals surface area contributed by atoms with Crippen molar-refractivity contribution in [2.24, 2.45) is 4.99 Å². The van der Waals surface area contributed by atoms with Crippen LogP contribution in [0, 0.1) is 24.2 Å². The zero-order valence-electron chi connectivity index (χ0n) is 11.0. The first-order valence-electron chi connectivity index (χ1n) is 5.73. The molecule has 102 valence electrons. The molecule has 1 aromatic heterocycles. The summed E-state index contributed by atoms with van der Waals surface area (Å²) in [7, 11) is 0. The first-order valence-corrected chi connectivity index (χ1v) is 6.96. The van der Waals surface area contributed by atoms with Gasteiger partial charge in [0.05, 0.1) is 11.4 Å². The number of aromatic nitrogens is 2. The number of hydrogen-bond donors (Lipinski definition) is 1. The van der Waals surface area contributed by atoms with Gasteiger partial charge in [0.15, 0.2) is 11.4 Å². The van der Waals surface area contributed by atoms with Crippen LogP contribution in [-0.2, 0) is 0 Å². The molecular formula is C13H12FN5S. The molecule has 2 rings (SSSR count). The number of imidazole rings is 1. The monoisotopic (exact) mass is 289 g/mol. The molecule has 0 aliphatic carbocycles. The second kappa shape index (κ2) is 6.21. The van der Waals surface area contributed by atoms with E-state index in [2.05, 4.69) is 15.3 Å². The maximum Gasteiger partial charge on any atom is 0.183 e. The van der Waals surface area contributed by atoms with Gasteiger partial charge in [-0.3, -0.25) is 5.32 Å². The Morgan fingerprint density at radius 3 is 2.90 bits per heavy atom. The van der Waals surface area contributed by atoms with E-state index in [1.165, 1.54) is 17.8 Å². The lowest BCUT2D eigenvalue weighted by molar-refractivity contribution is 0.617. The molecule has 1 aromatic carbocycles. The number of benzene rings is 1. The van der Waals surface area contributed by atoms with Crippen LogP contribution in [0.3, 0.4) is 0 Å². The van der Waals surface area contributed by atoms with Gasteiger partial charge in [0.1, 0.15) is 11.6 Å². The van der Waals surface area contributed by atoms with Crippen molar-refractivity contribution in [3.05, 3.63) is 42.2 Å². The van der Waals surface area contributed by atoms with E-state index in [9.17, 15) is 4.39 Å². The smallest absolute Gasteiger partial charge is 0.183 e. The van der Waals surface area contributed by atoms with Crippen molar-refractivity contribution < 1.29 is 4.39 Å². The van der Waals surface area contributed by atoms with Gasteiger partial charge in [-0.05, 0) is 25.3 Å². The Bertz CT molecular complexity index is 686. The Morgan fingerprint density at radius 1 is 1.55 bits per heavy atom. The van der Waals surface area contributed by atoms with Gasteiger partial charge in [-0.25, -0.2) is 14.4 Å². The van der Waals surface area contributed by atoms with E-state index in [4.69, 9.17) is 5.26 Å². The zero-order chi connectivity index (χ0) is 14.5. The number of aryl methyl sites for hydroxylation is 1. The summed E-state index contributed by atoms with van der Waals surface area (Å²) < 4.78 is 15.8. The van der Waals surface area contributed by atoms with Crippen molar-refractivity contribution in [1.82, 2.24) is 14.9 Å². The maximum atomic E-state index is 14.1. The van der Waals surface area contributed by atoms with Gasteiger partial charge < -0.3 is 4.57 Å². The number of hydrogen-bond acceptors (Lipinski definition) is 4. The second-order valence-corrected chi connectivity index (χ2v) is 4.63. The van der Waals surface area contributed by atoms with E-state index < -0.39 is 5.82 Å². The summed E-state index contributed by atoms with van der Waals surface area (Å²) in [5.41, 5.74) is 0.856. The Morgan fingerprint density at radius 2 is 2.35 bits per heavy atom. The van der Waals surface area contributed by atoms with E-state index in [1.807, 2.05) is 0 Å². The number of aliphatic imine (C=N–C) groups is 1. The number of halogens is 1. The quantitative estimate of drug-likeness (QED) is 0.399. The molecule has 0 saturated heterocycles. The molecule has 0 bridgehead atoms. The first-order chi connectivity index (χ1) is 9.65. The summed E-state index contributed by atoms with van der Waals surface area (Å²) in [6.45, 7) is 1.80. The Balaban J connectivity index is 2.36. The predicted octanol–water partition coefficient (Wildman–Crippen LogP) is 2.74. The van der Waals surface area contributed by atoms with Crippen LogP contribution in [0.25, 0.3) is 5.69 Å². The highest BCUT2D eigenvalue weighted by Gasteiger charge is 2.08. The summed E-state index contributed by atoms with van der Waals surface area (Å²) >= 11 is 1.28. The van der Waals surface area contributed by atoms with Crippen LogP contribution in [0.15, 0.2) is 35.6 Å². The molecule has 0 radical (unpaired) electrons. The standard InChI is InChI=1S/C13H12FN5S/c1-9-16-5-6-19(9)12-4-3-10(7-11(12)14)18-13(20-2)17-8-15/h3-7H,1-2H3,(H,17,18). The van der Waals surface area contributed by atoms with Crippen LogP contribution >= 0.6 is 11.8 Å². The van der Waals surface area contributed by atoms with Crippen molar-refractivity contribution in [2.75, 3.05) is 6.26 Å². The fraction of sp³-hybridized carbons (Fsp3) is 0.154. The van der Waals surface area contributed by atoms with Gasteiger partial charge in [0.25, 0.3) is 0 Å². The Hall–Kier alpha value is -2.33. The number of nitriles is 1. The van der Waals surface area contributed by atoms with Crippen molar-refractivity contribution in [2.45, 2.75) is 6.92 Å². The summed E-state index contributed by atoms with van der Waals surface area (Å²) in [6, 6.07) is 4.64. The molecule has 1 N–H and O–H groups in total. The zero-order valence-corrected chi connectivity index (χ0v) is 11.8. The van der Waals surface area contributed by atoms with E-state index in [0.717, 1.165) is 0 Å². The third kappa shape index (κ3) is 2.97. The fourth-order valence-electron chi connectivity index (χ4n) is 1.68. The minimum Gasteiger partial charge on any atom is -0.301 e. The highest BCUT2D eigenvalue weighted by atomic mass is 32.2. The molecule has 20 heavy (non-hydrogen) atoms. The largest absolute Gasteiger partial charge is 0.301 e. The van der Waals surface area contributed by atoms with Crippen LogP contribution in [0.4, 0.5) is 10.1 Å². The molecule has 1 heterocycles. The van der Waals surface area contributed by atoms with Gasteiger partial charge in [0.2, 0.25) is 0 Å². The van der Waals surface area contributed by atoms with Gasteiger partial charge in [-0.2, -0.15) is 5.26 Å². The highest BCUT2D eigenvalue weighted by molar-refractivity contribution is 8.13. The third-order valence-electron chi connectivity index (χ3n) is 2.60. The summed E-state index contributed by atoms with van der Waals surface area (Å²) in [5.74, 6) is 0.306. The van der Waals surface area contributed by atoms with Crippen molar-refractivity contribution >= 4 is 22.6 Å². The number of rotatable bonds is 2.